The molecule has 2 rings (SSSR count). The fourth-order valence-corrected chi connectivity index (χ4v) is 2.45. The first-order valence-corrected chi connectivity index (χ1v) is 6.87. The van der Waals surface area contributed by atoms with E-state index in [1.807, 2.05) is 12.1 Å². The molecule has 94 valence electrons. The molecular weight excluding hydrogens is 280 g/mol. The molecule has 17 heavy (non-hydrogen) atoms. The van der Waals surface area contributed by atoms with Crippen LogP contribution in [0.2, 0.25) is 0 Å². The Morgan fingerprint density at radius 1 is 1.53 bits per heavy atom. The third-order valence-corrected chi connectivity index (χ3v) is 3.40. The van der Waals surface area contributed by atoms with E-state index in [-0.39, 0.29) is 0 Å². The van der Waals surface area contributed by atoms with E-state index in [2.05, 4.69) is 45.2 Å². The van der Waals surface area contributed by atoms with Crippen molar-refractivity contribution in [1.82, 2.24) is 4.90 Å². The molecule has 0 radical (unpaired) electrons. The number of ether oxygens (including phenoxy) is 1. The summed E-state index contributed by atoms with van der Waals surface area (Å²) in [5, 5.41) is 3.44. The second kappa shape index (κ2) is 6.38. The van der Waals surface area contributed by atoms with Crippen molar-refractivity contribution < 1.29 is 4.74 Å². The van der Waals surface area contributed by atoms with Crippen LogP contribution in [0.15, 0.2) is 28.7 Å². The van der Waals surface area contributed by atoms with E-state index in [9.17, 15) is 0 Å². The average molecular weight is 299 g/mol. The second-order valence-electron chi connectivity index (χ2n) is 4.42. The number of hydrogen-bond donors (Lipinski definition) is 1. The van der Waals surface area contributed by atoms with Gasteiger partial charge < -0.3 is 10.1 Å². The Labute approximate surface area is 111 Å². The molecule has 1 unspecified atom stereocenters. The van der Waals surface area contributed by atoms with Crippen LogP contribution < -0.4 is 5.32 Å². The van der Waals surface area contributed by atoms with E-state index >= 15 is 0 Å². The van der Waals surface area contributed by atoms with Gasteiger partial charge in [-0.05, 0) is 25.1 Å². The van der Waals surface area contributed by atoms with Gasteiger partial charge in [0.15, 0.2) is 0 Å². The standard InChI is InChI=1S/C13H19BrN2O/c1-11-10-16(7-8-17-11)6-5-15-13-4-2-3-12(14)9-13/h2-4,9,11,15H,5-8,10H2,1H3. The molecule has 0 bridgehead atoms. The lowest BCUT2D eigenvalue weighted by Crippen LogP contribution is -2.43. The Kier molecular flexibility index (Phi) is 4.83. The van der Waals surface area contributed by atoms with Gasteiger partial charge in [-0.1, -0.05) is 22.0 Å². The minimum atomic E-state index is 0.370. The number of rotatable bonds is 4. The van der Waals surface area contributed by atoms with Gasteiger partial charge in [0.05, 0.1) is 12.7 Å². The van der Waals surface area contributed by atoms with Crippen molar-refractivity contribution in [3.8, 4) is 0 Å². The van der Waals surface area contributed by atoms with Crippen LogP contribution in [0.4, 0.5) is 5.69 Å². The zero-order valence-electron chi connectivity index (χ0n) is 10.2. The van der Waals surface area contributed by atoms with Crippen molar-refractivity contribution in [2.45, 2.75) is 13.0 Å². The summed E-state index contributed by atoms with van der Waals surface area (Å²) in [7, 11) is 0. The molecular formula is C13H19BrN2O. The van der Waals surface area contributed by atoms with E-state index < -0.39 is 0 Å². The molecule has 0 aliphatic carbocycles. The van der Waals surface area contributed by atoms with Gasteiger partial charge in [0.1, 0.15) is 0 Å². The molecule has 0 aromatic heterocycles. The maximum absolute atomic E-state index is 5.52. The molecule has 1 aromatic carbocycles. The van der Waals surface area contributed by atoms with Crippen LogP contribution in [-0.2, 0) is 4.74 Å². The highest BCUT2D eigenvalue weighted by Crippen LogP contribution is 2.15. The van der Waals surface area contributed by atoms with Crippen LogP contribution in [-0.4, -0.2) is 43.8 Å². The molecule has 1 fully saturated rings. The molecule has 1 saturated heterocycles. The topological polar surface area (TPSA) is 24.5 Å². The molecule has 1 aliphatic heterocycles. The molecule has 1 aliphatic rings. The Morgan fingerprint density at radius 3 is 3.18 bits per heavy atom. The first kappa shape index (κ1) is 12.9. The summed E-state index contributed by atoms with van der Waals surface area (Å²) in [4.78, 5) is 2.44. The van der Waals surface area contributed by atoms with E-state index in [1.54, 1.807) is 0 Å². The number of morpholine rings is 1. The van der Waals surface area contributed by atoms with Gasteiger partial charge in [0.25, 0.3) is 0 Å². The van der Waals surface area contributed by atoms with Gasteiger partial charge in [-0.25, -0.2) is 0 Å². The lowest BCUT2D eigenvalue weighted by atomic mass is 10.3. The van der Waals surface area contributed by atoms with Gasteiger partial charge in [0, 0.05) is 36.3 Å². The first-order chi connectivity index (χ1) is 8.24. The van der Waals surface area contributed by atoms with Gasteiger partial charge in [0.2, 0.25) is 0 Å². The zero-order chi connectivity index (χ0) is 12.1. The molecule has 1 heterocycles. The lowest BCUT2D eigenvalue weighted by molar-refractivity contribution is -0.0166. The molecule has 1 N–H and O–H groups in total. The Hall–Kier alpha value is -0.580. The van der Waals surface area contributed by atoms with Gasteiger partial charge in [-0.2, -0.15) is 0 Å². The summed E-state index contributed by atoms with van der Waals surface area (Å²) >= 11 is 3.47. The van der Waals surface area contributed by atoms with Crippen LogP contribution in [0.1, 0.15) is 6.92 Å². The first-order valence-electron chi connectivity index (χ1n) is 6.07. The molecule has 0 amide bonds. The number of halogens is 1. The van der Waals surface area contributed by atoms with Crippen molar-refractivity contribution in [3.63, 3.8) is 0 Å². The third kappa shape index (κ3) is 4.30. The van der Waals surface area contributed by atoms with Crippen LogP contribution in [0.25, 0.3) is 0 Å². The second-order valence-corrected chi connectivity index (χ2v) is 5.33. The van der Waals surface area contributed by atoms with Crippen LogP contribution in [0.5, 0.6) is 0 Å². The van der Waals surface area contributed by atoms with E-state index in [0.717, 1.165) is 37.3 Å². The van der Waals surface area contributed by atoms with E-state index in [0.29, 0.717) is 6.10 Å². The fraction of sp³-hybridized carbons (Fsp3) is 0.538. The minimum absolute atomic E-state index is 0.370. The Bertz CT molecular complexity index is 359. The van der Waals surface area contributed by atoms with Crippen LogP contribution >= 0.6 is 15.9 Å². The predicted octanol–water partition coefficient (Wildman–Crippen LogP) is 2.58. The molecule has 4 heteroatoms. The zero-order valence-corrected chi connectivity index (χ0v) is 11.7. The highest BCUT2D eigenvalue weighted by molar-refractivity contribution is 9.10. The fourth-order valence-electron chi connectivity index (χ4n) is 2.05. The molecule has 3 nitrogen and oxygen atoms in total. The van der Waals surface area contributed by atoms with Crippen molar-refractivity contribution in [2.75, 3.05) is 38.1 Å². The molecule has 0 saturated carbocycles. The molecule has 1 aromatic rings. The SMILES string of the molecule is CC1CN(CCNc2cccc(Br)c2)CCO1. The largest absolute Gasteiger partial charge is 0.384 e. The number of nitrogens with zero attached hydrogens (tertiary/aromatic N) is 1. The van der Waals surface area contributed by atoms with Gasteiger partial charge in [-0.15, -0.1) is 0 Å². The lowest BCUT2D eigenvalue weighted by Gasteiger charge is -2.31. The van der Waals surface area contributed by atoms with Crippen LogP contribution in [0.3, 0.4) is 0 Å². The normalized spacial score (nSPS) is 21.4. The smallest absolute Gasteiger partial charge is 0.0674 e. The van der Waals surface area contributed by atoms with Gasteiger partial charge in [-0.3, -0.25) is 4.90 Å². The molecule has 0 spiro atoms. The highest BCUT2D eigenvalue weighted by Gasteiger charge is 2.15. The number of anilines is 1. The van der Waals surface area contributed by atoms with Crippen molar-refractivity contribution in [3.05, 3.63) is 28.7 Å². The van der Waals surface area contributed by atoms with Crippen molar-refractivity contribution in [2.24, 2.45) is 0 Å². The maximum atomic E-state index is 5.52. The Morgan fingerprint density at radius 2 is 2.41 bits per heavy atom. The monoisotopic (exact) mass is 298 g/mol. The summed E-state index contributed by atoms with van der Waals surface area (Å²) in [6.07, 6.45) is 0.370. The minimum Gasteiger partial charge on any atom is -0.384 e. The maximum Gasteiger partial charge on any atom is 0.0674 e. The summed E-state index contributed by atoms with van der Waals surface area (Å²) in [5.41, 5.74) is 1.17. The van der Waals surface area contributed by atoms with Crippen molar-refractivity contribution >= 4 is 21.6 Å². The Balaban J connectivity index is 1.72. The van der Waals surface area contributed by atoms with E-state index in [4.69, 9.17) is 4.74 Å². The quantitative estimate of drug-likeness (QED) is 0.925. The predicted molar refractivity (Wildman–Crippen MR) is 74.5 cm³/mol. The summed E-state index contributed by atoms with van der Waals surface area (Å²) in [6, 6.07) is 8.27. The summed E-state index contributed by atoms with van der Waals surface area (Å²) < 4.78 is 6.63. The average Bonchev–Trinajstić information content (AvgIpc) is 2.29. The van der Waals surface area contributed by atoms with Crippen LogP contribution in [0, 0.1) is 0 Å². The van der Waals surface area contributed by atoms with E-state index in [1.165, 1.54) is 5.69 Å². The van der Waals surface area contributed by atoms with Crippen molar-refractivity contribution in [1.29, 1.82) is 0 Å². The summed E-state index contributed by atoms with van der Waals surface area (Å²) in [5.74, 6) is 0. The number of benzene rings is 1. The third-order valence-electron chi connectivity index (χ3n) is 2.91. The number of nitrogens with one attached hydrogen (secondary N) is 1. The van der Waals surface area contributed by atoms with Gasteiger partial charge >= 0.3 is 0 Å². The number of hydrogen-bond acceptors (Lipinski definition) is 3. The highest BCUT2D eigenvalue weighted by atomic mass is 79.9. The summed E-state index contributed by atoms with van der Waals surface area (Å²) in [6.45, 7) is 7.13. The molecule has 1 atom stereocenters.